The first-order valence-corrected chi connectivity index (χ1v) is 6.35. The van der Waals surface area contributed by atoms with E-state index in [-0.39, 0.29) is 17.5 Å². The molecular formula is C13H21F3N2. The van der Waals surface area contributed by atoms with Crippen molar-refractivity contribution < 1.29 is 13.2 Å². The SMILES string of the molecule is CC(C(=NC1CCCC1)C(C)C)=C(N)C(F)(F)F. The first-order valence-electron chi connectivity index (χ1n) is 6.35. The van der Waals surface area contributed by atoms with Gasteiger partial charge in [0.1, 0.15) is 5.70 Å². The topological polar surface area (TPSA) is 38.4 Å². The summed E-state index contributed by atoms with van der Waals surface area (Å²) in [4.78, 5) is 4.49. The Bertz CT molecular complexity index is 348. The molecule has 0 aromatic rings. The number of nitrogens with zero attached hydrogens (tertiary/aromatic N) is 1. The molecule has 0 amide bonds. The normalized spacial score (nSPS) is 20.5. The maximum Gasteiger partial charge on any atom is 0.431 e. The van der Waals surface area contributed by atoms with E-state index in [1.807, 2.05) is 13.8 Å². The minimum atomic E-state index is -4.48. The molecule has 0 saturated heterocycles. The Labute approximate surface area is 106 Å². The number of aliphatic imine (C=N–C) groups is 1. The Hall–Kier alpha value is -1.00. The Morgan fingerprint density at radius 1 is 1.22 bits per heavy atom. The first kappa shape index (κ1) is 15.1. The van der Waals surface area contributed by atoms with Crippen molar-refractivity contribution >= 4 is 5.71 Å². The Kier molecular flexibility index (Phi) is 4.82. The van der Waals surface area contributed by atoms with E-state index in [0.29, 0.717) is 5.71 Å². The third-order valence-electron chi connectivity index (χ3n) is 3.29. The molecule has 0 unspecified atom stereocenters. The van der Waals surface area contributed by atoms with Gasteiger partial charge >= 0.3 is 6.18 Å². The van der Waals surface area contributed by atoms with E-state index in [1.165, 1.54) is 6.92 Å². The van der Waals surface area contributed by atoms with Crippen LogP contribution in [0.25, 0.3) is 0 Å². The molecule has 0 aliphatic heterocycles. The van der Waals surface area contributed by atoms with Crippen LogP contribution in [0, 0.1) is 5.92 Å². The van der Waals surface area contributed by atoms with E-state index in [1.54, 1.807) is 0 Å². The lowest BCUT2D eigenvalue weighted by atomic mass is 9.98. The van der Waals surface area contributed by atoms with Crippen molar-refractivity contribution in [1.82, 2.24) is 0 Å². The van der Waals surface area contributed by atoms with Gasteiger partial charge in [0.2, 0.25) is 0 Å². The zero-order valence-electron chi connectivity index (χ0n) is 11.1. The predicted molar refractivity (Wildman–Crippen MR) is 67.5 cm³/mol. The summed E-state index contributed by atoms with van der Waals surface area (Å²) in [5.74, 6) is -0.0495. The standard InChI is InChI=1S/C13H21F3N2/c1-8(2)11(18-10-6-4-5-7-10)9(3)12(17)13(14,15)16/h8,10H,4-7,17H2,1-3H3. The number of rotatable bonds is 3. The zero-order valence-corrected chi connectivity index (χ0v) is 11.1. The van der Waals surface area contributed by atoms with Gasteiger partial charge in [-0.1, -0.05) is 26.7 Å². The Balaban J connectivity index is 3.05. The minimum Gasteiger partial charge on any atom is -0.394 e. The fourth-order valence-corrected chi connectivity index (χ4v) is 2.26. The van der Waals surface area contributed by atoms with Crippen LogP contribution in [0.5, 0.6) is 0 Å². The predicted octanol–water partition coefficient (Wildman–Crippen LogP) is 3.82. The molecule has 104 valence electrons. The van der Waals surface area contributed by atoms with Crippen LogP contribution in [-0.2, 0) is 0 Å². The van der Waals surface area contributed by atoms with Crippen LogP contribution in [0.2, 0.25) is 0 Å². The summed E-state index contributed by atoms with van der Waals surface area (Å²) in [5, 5.41) is 0. The van der Waals surface area contributed by atoms with Crippen LogP contribution in [0.1, 0.15) is 46.5 Å². The Morgan fingerprint density at radius 3 is 2.11 bits per heavy atom. The van der Waals surface area contributed by atoms with E-state index in [2.05, 4.69) is 4.99 Å². The molecule has 0 aromatic carbocycles. The first-order chi connectivity index (χ1) is 8.23. The van der Waals surface area contributed by atoms with Gasteiger partial charge in [0.25, 0.3) is 0 Å². The molecule has 18 heavy (non-hydrogen) atoms. The molecule has 2 nitrogen and oxygen atoms in total. The van der Waals surface area contributed by atoms with Gasteiger partial charge in [0.05, 0.1) is 6.04 Å². The highest BCUT2D eigenvalue weighted by molar-refractivity contribution is 6.01. The molecule has 0 aromatic heterocycles. The number of hydrogen-bond acceptors (Lipinski definition) is 2. The van der Waals surface area contributed by atoms with Crippen molar-refractivity contribution in [2.45, 2.75) is 58.7 Å². The third kappa shape index (κ3) is 3.75. The molecule has 0 atom stereocenters. The van der Waals surface area contributed by atoms with Gasteiger partial charge in [-0.2, -0.15) is 13.2 Å². The Morgan fingerprint density at radius 2 is 1.72 bits per heavy atom. The van der Waals surface area contributed by atoms with Crippen molar-refractivity contribution in [3.8, 4) is 0 Å². The third-order valence-corrected chi connectivity index (χ3v) is 3.29. The zero-order chi connectivity index (χ0) is 13.9. The summed E-state index contributed by atoms with van der Waals surface area (Å²) >= 11 is 0. The van der Waals surface area contributed by atoms with Gasteiger partial charge in [-0.15, -0.1) is 0 Å². The van der Waals surface area contributed by atoms with Gasteiger partial charge in [0, 0.05) is 5.71 Å². The van der Waals surface area contributed by atoms with Crippen LogP contribution in [0.4, 0.5) is 13.2 Å². The maximum absolute atomic E-state index is 12.6. The van der Waals surface area contributed by atoms with Gasteiger partial charge < -0.3 is 5.73 Å². The molecule has 5 heteroatoms. The van der Waals surface area contributed by atoms with E-state index >= 15 is 0 Å². The number of nitrogens with two attached hydrogens (primary N) is 1. The quantitative estimate of drug-likeness (QED) is 0.771. The molecule has 1 fully saturated rings. The van der Waals surface area contributed by atoms with Crippen LogP contribution in [-0.4, -0.2) is 17.9 Å². The van der Waals surface area contributed by atoms with Gasteiger partial charge in [-0.3, -0.25) is 4.99 Å². The largest absolute Gasteiger partial charge is 0.431 e. The van der Waals surface area contributed by atoms with Crippen molar-refractivity contribution in [2.75, 3.05) is 0 Å². The summed E-state index contributed by atoms with van der Waals surface area (Å²) < 4.78 is 37.8. The van der Waals surface area contributed by atoms with Crippen LogP contribution in [0.3, 0.4) is 0 Å². The van der Waals surface area contributed by atoms with Gasteiger partial charge in [-0.25, -0.2) is 0 Å². The summed E-state index contributed by atoms with van der Waals surface area (Å²) in [5.41, 5.74) is 4.73. The van der Waals surface area contributed by atoms with Crippen molar-refractivity contribution in [3.63, 3.8) is 0 Å². The maximum atomic E-state index is 12.6. The van der Waals surface area contributed by atoms with Gasteiger partial charge in [0.15, 0.2) is 0 Å². The lowest BCUT2D eigenvalue weighted by Crippen LogP contribution is -2.26. The lowest BCUT2D eigenvalue weighted by molar-refractivity contribution is -0.0931. The van der Waals surface area contributed by atoms with Crippen molar-refractivity contribution in [2.24, 2.45) is 16.6 Å². The smallest absolute Gasteiger partial charge is 0.394 e. The van der Waals surface area contributed by atoms with Gasteiger partial charge in [-0.05, 0) is 31.3 Å². The number of allylic oxidation sites excluding steroid dienone is 2. The number of hydrogen-bond donors (Lipinski definition) is 1. The molecule has 0 bridgehead atoms. The fourth-order valence-electron chi connectivity index (χ4n) is 2.26. The monoisotopic (exact) mass is 262 g/mol. The van der Waals surface area contributed by atoms with Crippen LogP contribution >= 0.6 is 0 Å². The summed E-state index contributed by atoms with van der Waals surface area (Å²) in [6, 6.07) is 0.165. The molecule has 1 aliphatic carbocycles. The second-order valence-electron chi connectivity index (χ2n) is 5.14. The minimum absolute atomic E-state index is 0.0495. The number of halogens is 3. The molecule has 0 radical (unpaired) electrons. The van der Waals surface area contributed by atoms with E-state index in [9.17, 15) is 13.2 Å². The molecular weight excluding hydrogens is 241 g/mol. The molecule has 1 rings (SSSR count). The highest BCUT2D eigenvalue weighted by Gasteiger charge is 2.34. The second kappa shape index (κ2) is 5.76. The highest BCUT2D eigenvalue weighted by atomic mass is 19.4. The lowest BCUT2D eigenvalue weighted by Gasteiger charge is -2.17. The number of alkyl halides is 3. The summed E-state index contributed by atoms with van der Waals surface area (Å²) in [7, 11) is 0. The molecule has 0 spiro atoms. The van der Waals surface area contributed by atoms with Crippen LogP contribution < -0.4 is 5.73 Å². The molecule has 2 N–H and O–H groups in total. The summed E-state index contributed by atoms with van der Waals surface area (Å²) in [6.45, 7) is 5.11. The second-order valence-corrected chi connectivity index (χ2v) is 5.14. The van der Waals surface area contributed by atoms with E-state index in [4.69, 9.17) is 5.73 Å². The fraction of sp³-hybridized carbons (Fsp3) is 0.769. The van der Waals surface area contributed by atoms with Crippen LogP contribution in [0.15, 0.2) is 16.3 Å². The van der Waals surface area contributed by atoms with Crippen molar-refractivity contribution in [1.29, 1.82) is 0 Å². The molecule has 1 saturated carbocycles. The van der Waals surface area contributed by atoms with E-state index < -0.39 is 11.9 Å². The van der Waals surface area contributed by atoms with Crippen molar-refractivity contribution in [3.05, 3.63) is 11.3 Å². The molecule has 0 heterocycles. The highest BCUT2D eigenvalue weighted by Crippen LogP contribution is 2.28. The molecule has 1 aliphatic rings. The average Bonchev–Trinajstić information content (AvgIpc) is 2.74. The summed E-state index contributed by atoms with van der Waals surface area (Å²) in [6.07, 6.45) is -0.325. The average molecular weight is 262 g/mol. The van der Waals surface area contributed by atoms with E-state index in [0.717, 1.165) is 25.7 Å².